The summed E-state index contributed by atoms with van der Waals surface area (Å²) in [5.74, 6) is -0.359. The summed E-state index contributed by atoms with van der Waals surface area (Å²) in [6.45, 7) is 1.19. The third-order valence-corrected chi connectivity index (χ3v) is 6.40. The van der Waals surface area contributed by atoms with E-state index in [-0.39, 0.29) is 42.7 Å². The molecule has 1 saturated heterocycles. The Kier molecular flexibility index (Phi) is 7.14. The van der Waals surface area contributed by atoms with Crippen molar-refractivity contribution in [3.63, 3.8) is 0 Å². The van der Waals surface area contributed by atoms with Crippen molar-refractivity contribution >= 4 is 15.9 Å². The fourth-order valence-corrected chi connectivity index (χ4v) is 4.54. The Morgan fingerprint density at radius 1 is 1.08 bits per heavy atom. The molecule has 1 aliphatic rings. The normalized spacial score (nSPS) is 15.8. The van der Waals surface area contributed by atoms with E-state index in [1.54, 1.807) is 35.2 Å². The average molecular weight is 374 g/mol. The molecule has 1 fully saturated rings. The molecule has 0 saturated carbocycles. The summed E-state index contributed by atoms with van der Waals surface area (Å²) in [4.78, 5) is 14.5. The lowest BCUT2D eigenvalue weighted by atomic mass is 9.96. The molecule has 1 aromatic carbocycles. The maximum atomic E-state index is 12.7. The Morgan fingerprint density at radius 3 is 2.12 bits per heavy atom. The second kappa shape index (κ2) is 9.33. The minimum atomic E-state index is -3.54. The van der Waals surface area contributed by atoms with Gasteiger partial charge in [-0.2, -0.15) is 14.8 Å². The highest BCUT2D eigenvalue weighted by Crippen LogP contribution is 2.25. The SMILES string of the molecule is N#CCCN(CCC#N)C(=O)C1CCN(S(=O)(=O)c2ccccc2)CC1. The zero-order chi connectivity index (χ0) is 19.0. The molecule has 26 heavy (non-hydrogen) atoms. The van der Waals surface area contributed by atoms with Crippen LogP contribution < -0.4 is 0 Å². The van der Waals surface area contributed by atoms with Crippen LogP contribution in [0.2, 0.25) is 0 Å². The van der Waals surface area contributed by atoms with E-state index in [0.29, 0.717) is 25.9 Å². The van der Waals surface area contributed by atoms with E-state index in [1.807, 2.05) is 12.1 Å². The smallest absolute Gasteiger partial charge is 0.243 e. The molecule has 2 rings (SSSR count). The average Bonchev–Trinajstić information content (AvgIpc) is 2.68. The van der Waals surface area contributed by atoms with Gasteiger partial charge in [-0.25, -0.2) is 8.42 Å². The van der Waals surface area contributed by atoms with Gasteiger partial charge >= 0.3 is 0 Å². The van der Waals surface area contributed by atoms with Gasteiger partial charge in [0.25, 0.3) is 0 Å². The van der Waals surface area contributed by atoms with Crippen molar-refractivity contribution in [3.8, 4) is 12.1 Å². The monoisotopic (exact) mass is 374 g/mol. The molecule has 1 aliphatic heterocycles. The maximum Gasteiger partial charge on any atom is 0.243 e. The number of rotatable bonds is 7. The molecule has 1 aromatic rings. The van der Waals surface area contributed by atoms with E-state index in [9.17, 15) is 13.2 Å². The molecule has 8 heteroatoms. The molecule has 7 nitrogen and oxygen atoms in total. The standard InChI is InChI=1S/C18H22N4O3S/c19-10-4-12-21(13-5-11-20)18(23)16-8-14-22(15-9-16)26(24,25)17-6-2-1-3-7-17/h1-3,6-7,16H,4-5,8-9,12-15H2. The molecule has 0 radical (unpaired) electrons. The van der Waals surface area contributed by atoms with Crippen LogP contribution in [0.5, 0.6) is 0 Å². The van der Waals surface area contributed by atoms with Crippen LogP contribution in [-0.2, 0) is 14.8 Å². The van der Waals surface area contributed by atoms with Crippen LogP contribution in [0.25, 0.3) is 0 Å². The molecular formula is C18H22N4O3S. The van der Waals surface area contributed by atoms with E-state index in [0.717, 1.165) is 0 Å². The van der Waals surface area contributed by atoms with Gasteiger partial charge in [-0.3, -0.25) is 4.79 Å². The molecular weight excluding hydrogens is 352 g/mol. The number of nitriles is 2. The first kappa shape index (κ1) is 19.9. The van der Waals surface area contributed by atoms with Crippen LogP contribution in [0.15, 0.2) is 35.2 Å². The number of hydrogen-bond donors (Lipinski definition) is 0. The van der Waals surface area contributed by atoms with Crippen LogP contribution in [0, 0.1) is 28.6 Å². The first-order valence-corrected chi connectivity index (χ1v) is 10.0. The maximum absolute atomic E-state index is 12.7. The highest BCUT2D eigenvalue weighted by molar-refractivity contribution is 7.89. The van der Waals surface area contributed by atoms with Gasteiger partial charge in [0.1, 0.15) is 0 Å². The van der Waals surface area contributed by atoms with Crippen LogP contribution in [0.1, 0.15) is 25.7 Å². The van der Waals surface area contributed by atoms with Gasteiger partial charge in [0.15, 0.2) is 0 Å². The summed E-state index contributed by atoms with van der Waals surface area (Å²) < 4.78 is 26.7. The van der Waals surface area contributed by atoms with Crippen molar-refractivity contribution < 1.29 is 13.2 Å². The Balaban J connectivity index is 1.99. The highest BCUT2D eigenvalue weighted by Gasteiger charge is 2.33. The summed E-state index contributed by atoms with van der Waals surface area (Å²) in [6, 6.07) is 12.3. The molecule has 0 unspecified atom stereocenters. The lowest BCUT2D eigenvalue weighted by Gasteiger charge is -2.33. The van der Waals surface area contributed by atoms with Crippen molar-refractivity contribution in [2.45, 2.75) is 30.6 Å². The quantitative estimate of drug-likeness (QED) is 0.723. The van der Waals surface area contributed by atoms with Crippen LogP contribution in [0.3, 0.4) is 0 Å². The molecule has 138 valence electrons. The van der Waals surface area contributed by atoms with Crippen molar-refractivity contribution in [2.24, 2.45) is 5.92 Å². The van der Waals surface area contributed by atoms with E-state index in [1.165, 1.54) is 4.31 Å². The molecule has 0 bridgehead atoms. The third-order valence-electron chi connectivity index (χ3n) is 4.48. The predicted molar refractivity (Wildman–Crippen MR) is 95.0 cm³/mol. The number of nitrogens with zero attached hydrogens (tertiary/aromatic N) is 4. The van der Waals surface area contributed by atoms with Crippen LogP contribution in [0.4, 0.5) is 0 Å². The van der Waals surface area contributed by atoms with Gasteiger partial charge in [0.2, 0.25) is 15.9 Å². The summed E-state index contributed by atoms with van der Waals surface area (Å²) in [6.07, 6.45) is 1.33. The van der Waals surface area contributed by atoms with Gasteiger partial charge in [0, 0.05) is 32.1 Å². The second-order valence-electron chi connectivity index (χ2n) is 6.13. The summed E-state index contributed by atoms with van der Waals surface area (Å²) >= 11 is 0. The number of sulfonamides is 1. The Hall–Kier alpha value is -2.42. The van der Waals surface area contributed by atoms with Crippen molar-refractivity contribution in [1.82, 2.24) is 9.21 Å². The van der Waals surface area contributed by atoms with E-state index < -0.39 is 10.0 Å². The number of benzene rings is 1. The van der Waals surface area contributed by atoms with Crippen molar-refractivity contribution in [1.29, 1.82) is 10.5 Å². The zero-order valence-corrected chi connectivity index (χ0v) is 15.4. The topological polar surface area (TPSA) is 105 Å². The molecule has 0 aromatic heterocycles. The highest BCUT2D eigenvalue weighted by atomic mass is 32.2. The van der Waals surface area contributed by atoms with Gasteiger partial charge in [-0.15, -0.1) is 0 Å². The van der Waals surface area contributed by atoms with E-state index >= 15 is 0 Å². The van der Waals surface area contributed by atoms with Crippen LogP contribution >= 0.6 is 0 Å². The van der Waals surface area contributed by atoms with Gasteiger partial charge in [-0.05, 0) is 25.0 Å². The lowest BCUT2D eigenvalue weighted by molar-refractivity contribution is -0.136. The number of carbonyl (C=O) groups excluding carboxylic acids is 1. The predicted octanol–water partition coefficient (Wildman–Crippen LogP) is 1.74. The molecule has 0 N–H and O–H groups in total. The second-order valence-corrected chi connectivity index (χ2v) is 8.07. The summed E-state index contributed by atoms with van der Waals surface area (Å²) in [5, 5.41) is 17.5. The Morgan fingerprint density at radius 2 is 1.62 bits per heavy atom. The minimum Gasteiger partial charge on any atom is -0.340 e. The molecule has 0 atom stereocenters. The number of piperidine rings is 1. The fourth-order valence-electron chi connectivity index (χ4n) is 3.04. The number of amides is 1. The van der Waals surface area contributed by atoms with Gasteiger partial charge in [0.05, 0.1) is 29.9 Å². The summed E-state index contributed by atoms with van der Waals surface area (Å²) in [7, 11) is -3.54. The van der Waals surface area contributed by atoms with E-state index in [4.69, 9.17) is 10.5 Å². The molecule has 1 amide bonds. The Bertz CT molecular complexity index is 770. The van der Waals surface area contributed by atoms with E-state index in [2.05, 4.69) is 0 Å². The molecule has 0 aliphatic carbocycles. The third kappa shape index (κ3) is 4.81. The number of carbonyl (C=O) groups is 1. The van der Waals surface area contributed by atoms with Crippen molar-refractivity contribution in [2.75, 3.05) is 26.2 Å². The van der Waals surface area contributed by atoms with Gasteiger partial charge < -0.3 is 4.90 Å². The van der Waals surface area contributed by atoms with Crippen molar-refractivity contribution in [3.05, 3.63) is 30.3 Å². The Labute approximate surface area is 154 Å². The molecule has 1 heterocycles. The molecule has 0 spiro atoms. The number of hydrogen-bond acceptors (Lipinski definition) is 5. The summed E-state index contributed by atoms with van der Waals surface area (Å²) in [5.41, 5.74) is 0. The fraction of sp³-hybridized carbons (Fsp3) is 0.500. The minimum absolute atomic E-state index is 0.0905. The largest absolute Gasteiger partial charge is 0.340 e. The van der Waals surface area contributed by atoms with Gasteiger partial charge in [-0.1, -0.05) is 18.2 Å². The zero-order valence-electron chi connectivity index (χ0n) is 14.5. The van der Waals surface area contributed by atoms with Crippen LogP contribution in [-0.4, -0.2) is 49.7 Å². The lowest BCUT2D eigenvalue weighted by Crippen LogP contribution is -2.44. The first-order chi connectivity index (χ1) is 12.5. The first-order valence-electron chi connectivity index (χ1n) is 8.58.